The Bertz CT molecular complexity index is 868. The lowest BCUT2D eigenvalue weighted by molar-refractivity contribution is 0.350. The molecule has 4 nitrogen and oxygen atoms in total. The van der Waals surface area contributed by atoms with E-state index in [4.69, 9.17) is 5.11 Å². The zero-order valence-electron chi connectivity index (χ0n) is 11.3. The van der Waals surface area contributed by atoms with Crippen LogP contribution in [0.3, 0.4) is 0 Å². The van der Waals surface area contributed by atoms with Crippen molar-refractivity contribution in [1.82, 2.24) is 14.5 Å². The third-order valence-corrected chi connectivity index (χ3v) is 3.19. The lowest BCUT2D eigenvalue weighted by atomic mass is 10.1. The fourth-order valence-electron chi connectivity index (χ4n) is 2.17. The van der Waals surface area contributed by atoms with Crippen LogP contribution in [0.4, 0.5) is 0 Å². The maximum Gasteiger partial charge on any atom is 0.137 e. The molecule has 0 aliphatic heterocycles. The summed E-state index contributed by atoms with van der Waals surface area (Å²) in [6.45, 7) is 3.63. The molecule has 0 saturated heterocycles. The molecule has 3 aromatic heterocycles. The standard InChI is InChI=1S/C17H13N3O/c1-2-13-10-17(19-11-15(13)4-3-9-21)20-8-6-14-5-7-18-12-16(14)20/h2,5-8,10-12,21H,1,9H2. The largest absolute Gasteiger partial charge is 0.384 e. The molecule has 4 heteroatoms. The number of pyridine rings is 2. The number of hydrogen-bond acceptors (Lipinski definition) is 3. The van der Waals surface area contributed by atoms with Crippen molar-refractivity contribution in [2.24, 2.45) is 0 Å². The summed E-state index contributed by atoms with van der Waals surface area (Å²) in [5.41, 5.74) is 2.62. The van der Waals surface area contributed by atoms with Crippen molar-refractivity contribution in [3.63, 3.8) is 0 Å². The lowest BCUT2D eigenvalue weighted by Gasteiger charge is -2.06. The number of aliphatic hydroxyl groups excluding tert-OH is 1. The molecule has 0 fully saturated rings. The number of aliphatic hydroxyl groups is 1. The van der Waals surface area contributed by atoms with Crippen LogP contribution in [-0.4, -0.2) is 26.2 Å². The predicted octanol–water partition coefficient (Wildman–Crippen LogP) is 2.41. The highest BCUT2D eigenvalue weighted by Crippen LogP contribution is 2.20. The molecule has 21 heavy (non-hydrogen) atoms. The van der Waals surface area contributed by atoms with Gasteiger partial charge in [0.1, 0.15) is 12.4 Å². The Hall–Kier alpha value is -2.90. The second-order valence-electron chi connectivity index (χ2n) is 4.41. The summed E-state index contributed by atoms with van der Waals surface area (Å²) in [6, 6.07) is 5.90. The number of aromatic nitrogens is 3. The van der Waals surface area contributed by atoms with Crippen molar-refractivity contribution in [2.45, 2.75) is 0 Å². The van der Waals surface area contributed by atoms with Gasteiger partial charge in [0.2, 0.25) is 0 Å². The summed E-state index contributed by atoms with van der Waals surface area (Å²) in [4.78, 5) is 8.59. The average molecular weight is 275 g/mol. The molecular weight excluding hydrogens is 262 g/mol. The first-order valence-corrected chi connectivity index (χ1v) is 6.47. The number of rotatable bonds is 2. The van der Waals surface area contributed by atoms with Crippen LogP contribution in [-0.2, 0) is 0 Å². The van der Waals surface area contributed by atoms with Crippen molar-refractivity contribution < 1.29 is 5.11 Å². The highest BCUT2D eigenvalue weighted by molar-refractivity contribution is 5.80. The molecule has 0 atom stereocenters. The Kier molecular flexibility index (Phi) is 3.50. The molecule has 3 heterocycles. The second-order valence-corrected chi connectivity index (χ2v) is 4.41. The highest BCUT2D eigenvalue weighted by atomic mass is 16.2. The van der Waals surface area contributed by atoms with E-state index in [2.05, 4.69) is 28.4 Å². The average Bonchev–Trinajstić information content (AvgIpc) is 2.97. The SMILES string of the molecule is C=Cc1cc(-n2ccc3ccncc32)ncc1C#CCO. The van der Waals surface area contributed by atoms with Gasteiger partial charge in [0.25, 0.3) is 0 Å². The maximum atomic E-state index is 8.78. The Morgan fingerprint density at radius 1 is 1.33 bits per heavy atom. The van der Waals surface area contributed by atoms with Crippen LogP contribution in [0.1, 0.15) is 11.1 Å². The van der Waals surface area contributed by atoms with Gasteiger partial charge in [-0.2, -0.15) is 0 Å². The maximum absolute atomic E-state index is 8.78. The fraction of sp³-hybridized carbons (Fsp3) is 0.0588. The van der Waals surface area contributed by atoms with E-state index in [1.807, 2.05) is 35.2 Å². The molecule has 0 bridgehead atoms. The Morgan fingerprint density at radius 2 is 2.24 bits per heavy atom. The summed E-state index contributed by atoms with van der Waals surface area (Å²) < 4.78 is 1.97. The van der Waals surface area contributed by atoms with Crippen molar-refractivity contribution in [3.05, 3.63) is 60.7 Å². The van der Waals surface area contributed by atoms with Crippen molar-refractivity contribution in [2.75, 3.05) is 6.61 Å². The molecule has 0 saturated carbocycles. The number of hydrogen-bond donors (Lipinski definition) is 1. The van der Waals surface area contributed by atoms with Crippen LogP contribution >= 0.6 is 0 Å². The van der Waals surface area contributed by atoms with Crippen LogP contribution in [0.15, 0.2) is 49.6 Å². The van der Waals surface area contributed by atoms with E-state index in [0.717, 1.165) is 27.8 Å². The Morgan fingerprint density at radius 3 is 3.05 bits per heavy atom. The normalized spacial score (nSPS) is 10.1. The first-order chi connectivity index (χ1) is 10.3. The lowest BCUT2D eigenvalue weighted by Crippen LogP contribution is -1.98. The van der Waals surface area contributed by atoms with Gasteiger partial charge in [0.05, 0.1) is 17.3 Å². The minimum absolute atomic E-state index is 0.174. The highest BCUT2D eigenvalue weighted by Gasteiger charge is 2.06. The van der Waals surface area contributed by atoms with Crippen molar-refractivity contribution in [3.8, 4) is 17.7 Å². The third kappa shape index (κ3) is 2.42. The van der Waals surface area contributed by atoms with Crippen LogP contribution in [0.5, 0.6) is 0 Å². The Balaban J connectivity index is 2.13. The minimum atomic E-state index is -0.174. The predicted molar refractivity (Wildman–Crippen MR) is 82.9 cm³/mol. The number of fused-ring (bicyclic) bond motifs is 1. The first-order valence-electron chi connectivity index (χ1n) is 6.47. The van der Waals surface area contributed by atoms with Gasteiger partial charge in [0, 0.05) is 24.0 Å². The van der Waals surface area contributed by atoms with Crippen LogP contribution in [0, 0.1) is 11.8 Å². The first kappa shape index (κ1) is 13.1. The summed E-state index contributed by atoms with van der Waals surface area (Å²) in [7, 11) is 0. The quantitative estimate of drug-likeness (QED) is 0.731. The van der Waals surface area contributed by atoms with Crippen LogP contribution < -0.4 is 0 Å². The summed E-state index contributed by atoms with van der Waals surface area (Å²) in [5, 5.41) is 9.89. The summed E-state index contributed by atoms with van der Waals surface area (Å²) in [5.74, 6) is 6.27. The molecule has 0 aliphatic carbocycles. The molecule has 0 unspecified atom stereocenters. The fourth-order valence-corrected chi connectivity index (χ4v) is 2.17. The van der Waals surface area contributed by atoms with Crippen LogP contribution in [0.2, 0.25) is 0 Å². The van der Waals surface area contributed by atoms with Crippen molar-refractivity contribution >= 4 is 17.0 Å². The third-order valence-electron chi connectivity index (χ3n) is 3.19. The zero-order chi connectivity index (χ0) is 14.7. The monoisotopic (exact) mass is 275 g/mol. The Labute approximate surface area is 122 Å². The van der Waals surface area contributed by atoms with Gasteiger partial charge >= 0.3 is 0 Å². The molecule has 0 amide bonds. The van der Waals surface area contributed by atoms with Gasteiger partial charge in [-0.15, -0.1) is 0 Å². The smallest absolute Gasteiger partial charge is 0.137 e. The zero-order valence-corrected chi connectivity index (χ0v) is 11.3. The van der Waals surface area contributed by atoms with Gasteiger partial charge < -0.3 is 5.11 Å². The van der Waals surface area contributed by atoms with Crippen LogP contribution in [0.25, 0.3) is 22.8 Å². The molecule has 0 aromatic carbocycles. The van der Waals surface area contributed by atoms with Gasteiger partial charge in [0.15, 0.2) is 0 Å². The van der Waals surface area contributed by atoms with Crippen molar-refractivity contribution in [1.29, 1.82) is 0 Å². The van der Waals surface area contributed by atoms with E-state index in [0.29, 0.717) is 0 Å². The molecule has 1 N–H and O–H groups in total. The summed E-state index contributed by atoms with van der Waals surface area (Å²) in [6.07, 6.45) is 8.96. The van der Waals surface area contributed by atoms with E-state index in [1.54, 1.807) is 18.5 Å². The molecule has 3 rings (SSSR count). The van der Waals surface area contributed by atoms with Gasteiger partial charge in [-0.05, 0) is 23.8 Å². The van der Waals surface area contributed by atoms with E-state index in [-0.39, 0.29) is 6.61 Å². The van der Waals surface area contributed by atoms with Gasteiger partial charge in [-0.1, -0.05) is 24.5 Å². The van der Waals surface area contributed by atoms with E-state index < -0.39 is 0 Å². The summed E-state index contributed by atoms with van der Waals surface area (Å²) >= 11 is 0. The minimum Gasteiger partial charge on any atom is -0.384 e. The van der Waals surface area contributed by atoms with Gasteiger partial charge in [-0.3, -0.25) is 9.55 Å². The topological polar surface area (TPSA) is 50.9 Å². The van der Waals surface area contributed by atoms with E-state index in [1.165, 1.54) is 0 Å². The molecule has 102 valence electrons. The molecule has 0 aliphatic rings. The molecular formula is C17H13N3O. The van der Waals surface area contributed by atoms with E-state index in [9.17, 15) is 0 Å². The number of nitrogens with zero attached hydrogens (tertiary/aromatic N) is 3. The van der Waals surface area contributed by atoms with Gasteiger partial charge in [-0.25, -0.2) is 4.98 Å². The van der Waals surface area contributed by atoms with E-state index >= 15 is 0 Å². The second kappa shape index (κ2) is 5.61. The molecule has 0 spiro atoms. The molecule has 0 radical (unpaired) electrons. The molecule has 3 aromatic rings.